The summed E-state index contributed by atoms with van der Waals surface area (Å²) in [4.78, 5) is 38.5. The number of nitrogens with one attached hydrogen (secondary N) is 2. The van der Waals surface area contributed by atoms with Gasteiger partial charge in [-0.25, -0.2) is 0 Å². The number of benzene rings is 1. The number of carbonyl (C=O) groups is 2. The van der Waals surface area contributed by atoms with E-state index in [1.165, 1.54) is 17.1 Å². The van der Waals surface area contributed by atoms with Crippen molar-refractivity contribution in [3.8, 4) is 0 Å². The van der Waals surface area contributed by atoms with Gasteiger partial charge in [0.05, 0.1) is 6.54 Å². The Kier molecular flexibility index (Phi) is 6.60. The maximum atomic E-state index is 12.4. The van der Waals surface area contributed by atoms with E-state index in [0.29, 0.717) is 17.9 Å². The van der Waals surface area contributed by atoms with Crippen molar-refractivity contribution in [1.29, 1.82) is 0 Å². The third kappa shape index (κ3) is 5.53. The Balaban J connectivity index is 1.60. The van der Waals surface area contributed by atoms with E-state index in [4.69, 9.17) is 0 Å². The molecule has 1 aliphatic heterocycles. The van der Waals surface area contributed by atoms with Crippen molar-refractivity contribution in [2.45, 2.75) is 32.7 Å². The molecule has 2 aromatic rings. The van der Waals surface area contributed by atoms with Crippen LogP contribution < -0.4 is 16.2 Å². The molecule has 0 atom stereocenters. The smallest absolute Gasteiger partial charge is 0.250 e. The van der Waals surface area contributed by atoms with Gasteiger partial charge in [-0.2, -0.15) is 0 Å². The number of piperidine rings is 1. The molecule has 7 nitrogen and oxygen atoms in total. The number of aromatic nitrogens is 1. The molecule has 1 aliphatic rings. The molecular formula is C21H26N4O3. The molecule has 7 heteroatoms. The summed E-state index contributed by atoms with van der Waals surface area (Å²) in [6.45, 7) is 4.14. The van der Waals surface area contributed by atoms with Gasteiger partial charge in [0.15, 0.2) is 0 Å². The zero-order chi connectivity index (χ0) is 19.9. The van der Waals surface area contributed by atoms with Crippen molar-refractivity contribution in [3.05, 3.63) is 58.5 Å². The van der Waals surface area contributed by atoms with Crippen LogP contribution in [0.3, 0.4) is 0 Å². The highest BCUT2D eigenvalue weighted by Crippen LogP contribution is 2.20. The van der Waals surface area contributed by atoms with E-state index in [9.17, 15) is 14.4 Å². The Hall–Kier alpha value is -2.93. The minimum absolute atomic E-state index is 0.0516. The fourth-order valence-corrected chi connectivity index (χ4v) is 3.29. The van der Waals surface area contributed by atoms with E-state index in [1.807, 2.05) is 13.0 Å². The summed E-state index contributed by atoms with van der Waals surface area (Å²) in [5.74, 6) is -0.355. The van der Waals surface area contributed by atoms with Gasteiger partial charge in [-0.1, -0.05) is 18.6 Å². The predicted octanol–water partition coefficient (Wildman–Crippen LogP) is 2.22. The highest BCUT2D eigenvalue weighted by atomic mass is 16.2. The Bertz CT molecular complexity index is 901. The Labute approximate surface area is 164 Å². The first kappa shape index (κ1) is 19.8. The molecular weight excluding hydrogens is 356 g/mol. The first-order chi connectivity index (χ1) is 13.5. The Morgan fingerprint density at radius 2 is 1.71 bits per heavy atom. The topological polar surface area (TPSA) is 83.4 Å². The van der Waals surface area contributed by atoms with Crippen LogP contribution in [-0.4, -0.2) is 40.9 Å². The number of hydrogen-bond donors (Lipinski definition) is 2. The quantitative estimate of drug-likeness (QED) is 0.802. The zero-order valence-corrected chi connectivity index (χ0v) is 16.1. The van der Waals surface area contributed by atoms with Crippen LogP contribution in [0, 0.1) is 6.92 Å². The summed E-state index contributed by atoms with van der Waals surface area (Å²) in [5.41, 5.74) is 1.95. The third-order valence-electron chi connectivity index (χ3n) is 4.82. The SMILES string of the molecule is Cc1ccc(NC(=O)Cn2ccccc2=O)cc1NC(=O)CN1CCCCC1. The van der Waals surface area contributed by atoms with Gasteiger partial charge < -0.3 is 15.2 Å². The van der Waals surface area contributed by atoms with Gasteiger partial charge in [-0.15, -0.1) is 0 Å². The second-order valence-corrected chi connectivity index (χ2v) is 7.13. The van der Waals surface area contributed by atoms with E-state index in [1.54, 1.807) is 30.5 Å². The Morgan fingerprint density at radius 1 is 0.964 bits per heavy atom. The molecule has 1 aromatic heterocycles. The number of nitrogens with zero attached hydrogens (tertiary/aromatic N) is 2. The fraction of sp³-hybridized carbons (Fsp3) is 0.381. The van der Waals surface area contributed by atoms with Gasteiger partial charge in [0.2, 0.25) is 11.8 Å². The normalized spacial score (nSPS) is 14.5. The van der Waals surface area contributed by atoms with Gasteiger partial charge in [-0.05, 0) is 56.6 Å². The molecule has 0 aliphatic carbocycles. The molecule has 1 saturated heterocycles. The van der Waals surface area contributed by atoms with Crippen LogP contribution in [0.1, 0.15) is 24.8 Å². The molecule has 2 N–H and O–H groups in total. The second-order valence-electron chi connectivity index (χ2n) is 7.13. The second kappa shape index (κ2) is 9.32. The summed E-state index contributed by atoms with van der Waals surface area (Å²) in [5, 5.41) is 5.72. The lowest BCUT2D eigenvalue weighted by Gasteiger charge is -2.25. The van der Waals surface area contributed by atoms with E-state index in [-0.39, 0.29) is 23.9 Å². The largest absolute Gasteiger partial charge is 0.325 e. The highest BCUT2D eigenvalue weighted by molar-refractivity contribution is 5.95. The number of carbonyl (C=O) groups excluding carboxylic acids is 2. The number of amides is 2. The van der Waals surface area contributed by atoms with E-state index in [0.717, 1.165) is 31.5 Å². The average Bonchev–Trinajstić information content (AvgIpc) is 2.67. The van der Waals surface area contributed by atoms with Crippen molar-refractivity contribution < 1.29 is 9.59 Å². The van der Waals surface area contributed by atoms with Crippen LogP contribution >= 0.6 is 0 Å². The molecule has 28 heavy (non-hydrogen) atoms. The van der Waals surface area contributed by atoms with Crippen LogP contribution in [0.5, 0.6) is 0 Å². The van der Waals surface area contributed by atoms with Gasteiger partial charge in [-0.3, -0.25) is 19.3 Å². The zero-order valence-electron chi connectivity index (χ0n) is 16.1. The summed E-state index contributed by atoms with van der Waals surface area (Å²) in [6, 6.07) is 10.1. The monoisotopic (exact) mass is 382 g/mol. The molecule has 0 radical (unpaired) electrons. The number of pyridine rings is 1. The molecule has 1 fully saturated rings. The molecule has 0 bridgehead atoms. The van der Waals surface area contributed by atoms with Crippen LogP contribution in [0.2, 0.25) is 0 Å². The number of rotatable bonds is 6. The first-order valence-electron chi connectivity index (χ1n) is 9.59. The minimum atomic E-state index is -0.303. The maximum absolute atomic E-state index is 12.4. The van der Waals surface area contributed by atoms with Gasteiger partial charge >= 0.3 is 0 Å². The number of anilines is 2. The van der Waals surface area contributed by atoms with Crippen molar-refractivity contribution in [2.24, 2.45) is 0 Å². The lowest BCUT2D eigenvalue weighted by molar-refractivity contribution is -0.118. The summed E-state index contributed by atoms with van der Waals surface area (Å²) in [6.07, 6.45) is 5.08. The van der Waals surface area contributed by atoms with Crippen LogP contribution in [0.4, 0.5) is 11.4 Å². The van der Waals surface area contributed by atoms with Crippen molar-refractivity contribution >= 4 is 23.2 Å². The van der Waals surface area contributed by atoms with Gasteiger partial charge in [0.1, 0.15) is 6.54 Å². The van der Waals surface area contributed by atoms with E-state index >= 15 is 0 Å². The minimum Gasteiger partial charge on any atom is -0.325 e. The molecule has 2 amide bonds. The molecule has 0 spiro atoms. The summed E-state index contributed by atoms with van der Waals surface area (Å²) in [7, 11) is 0. The first-order valence-corrected chi connectivity index (χ1v) is 9.59. The highest BCUT2D eigenvalue weighted by Gasteiger charge is 2.15. The van der Waals surface area contributed by atoms with Gasteiger partial charge in [0.25, 0.3) is 5.56 Å². The van der Waals surface area contributed by atoms with Crippen LogP contribution in [0.25, 0.3) is 0 Å². The van der Waals surface area contributed by atoms with Crippen molar-refractivity contribution in [2.75, 3.05) is 30.3 Å². The van der Waals surface area contributed by atoms with Gasteiger partial charge in [0, 0.05) is 23.6 Å². The van der Waals surface area contributed by atoms with Crippen LogP contribution in [0.15, 0.2) is 47.4 Å². The molecule has 0 unspecified atom stereocenters. The summed E-state index contributed by atoms with van der Waals surface area (Å²) < 4.78 is 1.34. The maximum Gasteiger partial charge on any atom is 0.250 e. The third-order valence-corrected chi connectivity index (χ3v) is 4.82. The Morgan fingerprint density at radius 3 is 2.46 bits per heavy atom. The van der Waals surface area contributed by atoms with Crippen LogP contribution in [-0.2, 0) is 16.1 Å². The molecule has 3 rings (SSSR count). The van der Waals surface area contributed by atoms with Crippen molar-refractivity contribution in [1.82, 2.24) is 9.47 Å². The van der Waals surface area contributed by atoms with Crippen molar-refractivity contribution in [3.63, 3.8) is 0 Å². The number of hydrogen-bond acceptors (Lipinski definition) is 4. The molecule has 148 valence electrons. The standard InChI is InChI=1S/C21H26N4O3/c1-16-8-9-17(22-20(27)15-25-12-6-3-7-21(25)28)13-18(16)23-19(26)14-24-10-4-2-5-11-24/h3,6-9,12-13H,2,4-5,10-11,14-15H2,1H3,(H,22,27)(H,23,26). The molecule has 0 saturated carbocycles. The lowest BCUT2D eigenvalue weighted by atomic mass is 10.1. The molecule has 2 heterocycles. The average molecular weight is 382 g/mol. The number of aryl methyl sites for hydroxylation is 1. The lowest BCUT2D eigenvalue weighted by Crippen LogP contribution is -2.36. The van der Waals surface area contributed by atoms with E-state index < -0.39 is 0 Å². The molecule has 1 aromatic carbocycles. The predicted molar refractivity (Wildman–Crippen MR) is 109 cm³/mol. The fourth-order valence-electron chi connectivity index (χ4n) is 3.29. The summed E-state index contributed by atoms with van der Waals surface area (Å²) >= 11 is 0. The number of likely N-dealkylation sites (tertiary alicyclic amines) is 1. The van der Waals surface area contributed by atoms with E-state index in [2.05, 4.69) is 15.5 Å².